The van der Waals surface area contributed by atoms with Crippen LogP contribution < -0.4 is 5.32 Å². The third kappa shape index (κ3) is 2.23. The van der Waals surface area contributed by atoms with Gasteiger partial charge in [0, 0.05) is 12.1 Å². The van der Waals surface area contributed by atoms with Gasteiger partial charge in [-0.25, -0.2) is 4.39 Å². The fourth-order valence-corrected chi connectivity index (χ4v) is 2.25. The molecule has 1 aromatic rings. The Morgan fingerprint density at radius 1 is 1.35 bits per heavy atom. The summed E-state index contributed by atoms with van der Waals surface area (Å²) in [5, 5.41) is 2.92. The summed E-state index contributed by atoms with van der Waals surface area (Å²) in [6, 6.07) is 5.18. The van der Waals surface area contributed by atoms with Gasteiger partial charge in [0.25, 0.3) is 0 Å². The second-order valence-electron chi connectivity index (χ2n) is 4.75. The molecule has 2 nitrogen and oxygen atoms in total. The summed E-state index contributed by atoms with van der Waals surface area (Å²) in [6.45, 7) is 0. The standard InChI is InChI=1S/C14H14FNO/c15-11-4-3-9-1-2-10(13(9)8-11)7-14(17)16-12-5-6-12/h3-4,7-8,12H,1-2,5-6H2,(H,16,17)/b10-7-. The van der Waals surface area contributed by atoms with Gasteiger partial charge in [0.2, 0.25) is 5.91 Å². The van der Waals surface area contributed by atoms with E-state index in [1.54, 1.807) is 6.08 Å². The van der Waals surface area contributed by atoms with Crippen LogP contribution in [0.5, 0.6) is 0 Å². The molecule has 0 aliphatic heterocycles. The van der Waals surface area contributed by atoms with Crippen LogP contribution in [-0.2, 0) is 11.2 Å². The lowest BCUT2D eigenvalue weighted by molar-refractivity contribution is -0.116. The molecule has 88 valence electrons. The van der Waals surface area contributed by atoms with Crippen molar-refractivity contribution in [2.75, 3.05) is 0 Å². The molecule has 17 heavy (non-hydrogen) atoms. The van der Waals surface area contributed by atoms with Gasteiger partial charge >= 0.3 is 0 Å². The minimum atomic E-state index is -0.237. The first-order valence-electron chi connectivity index (χ1n) is 6.02. The van der Waals surface area contributed by atoms with E-state index in [9.17, 15) is 9.18 Å². The molecule has 3 heteroatoms. The number of allylic oxidation sites excluding steroid dienone is 1. The zero-order chi connectivity index (χ0) is 11.8. The van der Waals surface area contributed by atoms with Gasteiger partial charge in [-0.2, -0.15) is 0 Å². The molecule has 1 amide bonds. The SMILES string of the molecule is O=C(/C=C1/CCc2ccc(F)cc21)NC1CC1. The first-order chi connectivity index (χ1) is 8.22. The van der Waals surface area contributed by atoms with E-state index >= 15 is 0 Å². The van der Waals surface area contributed by atoms with E-state index in [0.29, 0.717) is 6.04 Å². The predicted octanol–water partition coefficient (Wildman–Crippen LogP) is 2.43. The van der Waals surface area contributed by atoms with E-state index in [4.69, 9.17) is 0 Å². The number of halogens is 1. The maximum atomic E-state index is 13.2. The van der Waals surface area contributed by atoms with Gasteiger partial charge in [0.05, 0.1) is 0 Å². The van der Waals surface area contributed by atoms with Crippen LogP contribution in [-0.4, -0.2) is 11.9 Å². The van der Waals surface area contributed by atoms with Crippen LogP contribution in [0, 0.1) is 5.82 Å². The summed E-state index contributed by atoms with van der Waals surface area (Å²) in [4.78, 5) is 11.7. The Morgan fingerprint density at radius 3 is 2.94 bits per heavy atom. The molecular weight excluding hydrogens is 217 g/mol. The molecule has 0 aromatic heterocycles. The van der Waals surface area contributed by atoms with Crippen molar-refractivity contribution in [2.24, 2.45) is 0 Å². The molecule has 1 fully saturated rings. The second kappa shape index (κ2) is 3.99. The van der Waals surface area contributed by atoms with Crippen molar-refractivity contribution >= 4 is 11.5 Å². The third-order valence-corrected chi connectivity index (χ3v) is 3.31. The molecule has 1 saturated carbocycles. The molecule has 3 rings (SSSR count). The van der Waals surface area contributed by atoms with Crippen LogP contribution in [0.1, 0.15) is 30.4 Å². The molecule has 0 bridgehead atoms. The number of hydrogen-bond donors (Lipinski definition) is 1. The largest absolute Gasteiger partial charge is 0.350 e. The second-order valence-corrected chi connectivity index (χ2v) is 4.75. The molecule has 2 aliphatic carbocycles. The van der Waals surface area contributed by atoms with Gasteiger partial charge < -0.3 is 5.32 Å². The van der Waals surface area contributed by atoms with Crippen molar-refractivity contribution in [1.82, 2.24) is 5.32 Å². The Morgan fingerprint density at radius 2 is 2.18 bits per heavy atom. The van der Waals surface area contributed by atoms with E-state index in [1.807, 2.05) is 6.07 Å². The highest BCUT2D eigenvalue weighted by Crippen LogP contribution is 2.32. The quantitative estimate of drug-likeness (QED) is 0.778. The lowest BCUT2D eigenvalue weighted by Crippen LogP contribution is -2.23. The zero-order valence-corrected chi connectivity index (χ0v) is 9.50. The van der Waals surface area contributed by atoms with Gasteiger partial charge in [0.15, 0.2) is 0 Å². The smallest absolute Gasteiger partial charge is 0.244 e. The van der Waals surface area contributed by atoms with Gasteiger partial charge in [-0.05, 0) is 54.5 Å². The number of hydrogen-bond acceptors (Lipinski definition) is 1. The predicted molar refractivity (Wildman–Crippen MR) is 63.9 cm³/mol. The number of rotatable bonds is 2. The van der Waals surface area contributed by atoms with Gasteiger partial charge in [-0.15, -0.1) is 0 Å². The molecule has 0 saturated heterocycles. The molecule has 0 heterocycles. The molecule has 0 unspecified atom stereocenters. The fourth-order valence-electron chi connectivity index (χ4n) is 2.25. The highest BCUT2D eigenvalue weighted by atomic mass is 19.1. The molecule has 0 spiro atoms. The summed E-state index contributed by atoms with van der Waals surface area (Å²) in [6.07, 6.45) is 5.53. The minimum Gasteiger partial charge on any atom is -0.350 e. The van der Waals surface area contributed by atoms with E-state index in [-0.39, 0.29) is 11.7 Å². The van der Waals surface area contributed by atoms with Crippen LogP contribution in [0.15, 0.2) is 24.3 Å². The van der Waals surface area contributed by atoms with Crippen molar-refractivity contribution in [1.29, 1.82) is 0 Å². The van der Waals surface area contributed by atoms with E-state index in [0.717, 1.165) is 42.4 Å². The first kappa shape index (κ1) is 10.5. The Labute approximate surface area is 99.5 Å². The average Bonchev–Trinajstić information content (AvgIpc) is 3.01. The fraction of sp³-hybridized carbons (Fsp3) is 0.357. The summed E-state index contributed by atoms with van der Waals surface area (Å²) < 4.78 is 13.2. The van der Waals surface area contributed by atoms with Crippen molar-refractivity contribution in [3.8, 4) is 0 Å². The topological polar surface area (TPSA) is 29.1 Å². The number of benzene rings is 1. The summed E-state index contributed by atoms with van der Waals surface area (Å²) in [5.74, 6) is -0.279. The third-order valence-electron chi connectivity index (χ3n) is 3.31. The number of amides is 1. The van der Waals surface area contributed by atoms with Crippen LogP contribution in [0.25, 0.3) is 5.57 Å². The molecule has 1 aromatic carbocycles. The van der Waals surface area contributed by atoms with E-state index in [1.165, 1.54) is 12.1 Å². The monoisotopic (exact) mass is 231 g/mol. The van der Waals surface area contributed by atoms with Crippen LogP contribution >= 0.6 is 0 Å². The summed E-state index contributed by atoms with van der Waals surface area (Å²) in [7, 11) is 0. The van der Waals surface area contributed by atoms with Crippen LogP contribution in [0.3, 0.4) is 0 Å². The number of nitrogens with one attached hydrogen (secondary N) is 1. The number of aryl methyl sites for hydroxylation is 1. The lowest BCUT2D eigenvalue weighted by atomic mass is 10.1. The molecule has 1 N–H and O–H groups in total. The highest BCUT2D eigenvalue weighted by molar-refractivity contribution is 5.96. The van der Waals surface area contributed by atoms with Gasteiger partial charge in [0.1, 0.15) is 5.82 Å². The maximum absolute atomic E-state index is 13.2. The van der Waals surface area contributed by atoms with Crippen LogP contribution in [0.2, 0.25) is 0 Å². The van der Waals surface area contributed by atoms with E-state index in [2.05, 4.69) is 5.32 Å². The molecular formula is C14H14FNO. The number of carbonyl (C=O) groups excluding carboxylic acids is 1. The first-order valence-corrected chi connectivity index (χ1v) is 6.02. The van der Waals surface area contributed by atoms with Crippen molar-refractivity contribution in [3.05, 3.63) is 41.2 Å². The van der Waals surface area contributed by atoms with Gasteiger partial charge in [-0.3, -0.25) is 4.79 Å². The Hall–Kier alpha value is -1.64. The average molecular weight is 231 g/mol. The Balaban J connectivity index is 1.83. The molecule has 2 aliphatic rings. The van der Waals surface area contributed by atoms with Crippen molar-refractivity contribution < 1.29 is 9.18 Å². The normalized spacial score (nSPS) is 20.4. The Kier molecular flexibility index (Phi) is 2.46. The van der Waals surface area contributed by atoms with Crippen molar-refractivity contribution in [3.63, 3.8) is 0 Å². The van der Waals surface area contributed by atoms with Gasteiger partial charge in [-0.1, -0.05) is 6.07 Å². The zero-order valence-electron chi connectivity index (χ0n) is 9.50. The molecule has 0 radical (unpaired) electrons. The summed E-state index contributed by atoms with van der Waals surface area (Å²) >= 11 is 0. The number of carbonyl (C=O) groups is 1. The maximum Gasteiger partial charge on any atom is 0.244 e. The van der Waals surface area contributed by atoms with Crippen molar-refractivity contribution in [2.45, 2.75) is 31.7 Å². The van der Waals surface area contributed by atoms with E-state index < -0.39 is 0 Å². The Bertz CT molecular complexity index is 503. The highest BCUT2D eigenvalue weighted by Gasteiger charge is 2.23. The summed E-state index contributed by atoms with van der Waals surface area (Å²) in [5.41, 5.74) is 2.99. The number of fused-ring (bicyclic) bond motifs is 1. The molecule has 0 atom stereocenters. The van der Waals surface area contributed by atoms with Crippen LogP contribution in [0.4, 0.5) is 4.39 Å². The lowest BCUT2D eigenvalue weighted by Gasteiger charge is -2.02. The minimum absolute atomic E-state index is 0.0420.